The molecule has 5 heteroatoms. The average Bonchev–Trinajstić information content (AvgIpc) is 3.14. The molecule has 0 saturated heterocycles. The van der Waals surface area contributed by atoms with Gasteiger partial charge in [-0.15, -0.1) is 0 Å². The lowest BCUT2D eigenvalue weighted by molar-refractivity contribution is 0.0785. The van der Waals surface area contributed by atoms with Gasteiger partial charge in [0.05, 0.1) is 19.3 Å². The zero-order valence-electron chi connectivity index (χ0n) is 11.7. The first-order chi connectivity index (χ1) is 8.72. The molecular formula is C13H28N2O3. The number of nitrogens with one attached hydrogen (secondary N) is 1. The molecule has 0 amide bonds. The Morgan fingerprint density at radius 2 is 2.17 bits per heavy atom. The Bertz CT molecular complexity index is 201. The molecule has 0 aromatic carbocycles. The van der Waals surface area contributed by atoms with Crippen molar-refractivity contribution in [1.82, 2.24) is 10.2 Å². The maximum atomic E-state index is 9.79. The van der Waals surface area contributed by atoms with Crippen molar-refractivity contribution in [2.45, 2.75) is 18.9 Å². The lowest BCUT2D eigenvalue weighted by Crippen LogP contribution is -2.38. The van der Waals surface area contributed by atoms with Gasteiger partial charge in [-0.3, -0.25) is 0 Å². The summed E-state index contributed by atoms with van der Waals surface area (Å²) in [5.74, 6) is 0.825. The number of rotatable bonds is 12. The van der Waals surface area contributed by atoms with Gasteiger partial charge in [-0.1, -0.05) is 0 Å². The standard InChI is InChI=1S/C13H28N2O3/c1-15(6-8-18-11-12-3-4-12)10-13(16)9-14-5-7-17-2/h12-14,16H,3-11H2,1-2H3. The summed E-state index contributed by atoms with van der Waals surface area (Å²) >= 11 is 0. The highest BCUT2D eigenvalue weighted by atomic mass is 16.5. The molecule has 2 N–H and O–H groups in total. The lowest BCUT2D eigenvalue weighted by Gasteiger charge is -2.20. The molecule has 1 rings (SSSR count). The van der Waals surface area contributed by atoms with E-state index in [1.165, 1.54) is 12.8 Å². The Balaban J connectivity index is 1.87. The smallest absolute Gasteiger partial charge is 0.0791 e. The van der Waals surface area contributed by atoms with E-state index in [9.17, 15) is 5.11 Å². The Hall–Kier alpha value is -0.200. The topological polar surface area (TPSA) is 54.0 Å². The summed E-state index contributed by atoms with van der Waals surface area (Å²) in [7, 11) is 3.69. The van der Waals surface area contributed by atoms with Crippen LogP contribution < -0.4 is 5.32 Å². The number of nitrogens with zero attached hydrogens (tertiary/aromatic N) is 1. The van der Waals surface area contributed by atoms with Gasteiger partial charge in [-0.2, -0.15) is 0 Å². The van der Waals surface area contributed by atoms with Gasteiger partial charge in [0.25, 0.3) is 0 Å². The average molecular weight is 260 g/mol. The van der Waals surface area contributed by atoms with Crippen molar-refractivity contribution < 1.29 is 14.6 Å². The van der Waals surface area contributed by atoms with E-state index in [2.05, 4.69) is 10.2 Å². The number of hydrogen-bond acceptors (Lipinski definition) is 5. The maximum Gasteiger partial charge on any atom is 0.0791 e. The summed E-state index contributed by atoms with van der Waals surface area (Å²) in [6.45, 7) is 5.29. The minimum atomic E-state index is -0.338. The number of methoxy groups -OCH3 is 1. The second kappa shape index (κ2) is 9.69. The van der Waals surface area contributed by atoms with Crippen molar-refractivity contribution in [2.75, 3.05) is 60.2 Å². The van der Waals surface area contributed by atoms with Crippen LogP contribution in [0.3, 0.4) is 0 Å². The van der Waals surface area contributed by atoms with Crippen molar-refractivity contribution in [3.05, 3.63) is 0 Å². The second-order valence-corrected chi connectivity index (χ2v) is 5.13. The first-order valence-corrected chi connectivity index (χ1v) is 6.86. The Kier molecular flexibility index (Phi) is 8.54. The van der Waals surface area contributed by atoms with Crippen LogP contribution in [0.2, 0.25) is 0 Å². The third kappa shape index (κ3) is 8.83. The molecule has 1 aliphatic rings. The largest absolute Gasteiger partial charge is 0.390 e. The molecule has 1 atom stereocenters. The van der Waals surface area contributed by atoms with Gasteiger partial charge in [-0.05, 0) is 25.8 Å². The fourth-order valence-electron chi connectivity index (χ4n) is 1.71. The van der Waals surface area contributed by atoms with Crippen LogP contribution in [0, 0.1) is 5.92 Å². The summed E-state index contributed by atoms with van der Waals surface area (Å²) in [5, 5.41) is 12.9. The minimum absolute atomic E-state index is 0.338. The molecular weight excluding hydrogens is 232 g/mol. The van der Waals surface area contributed by atoms with Crippen molar-refractivity contribution in [3.8, 4) is 0 Å². The quantitative estimate of drug-likeness (QED) is 0.482. The first kappa shape index (κ1) is 15.9. The number of ether oxygens (including phenoxy) is 2. The van der Waals surface area contributed by atoms with E-state index in [-0.39, 0.29) is 6.10 Å². The summed E-state index contributed by atoms with van der Waals surface area (Å²) in [6, 6.07) is 0. The molecule has 0 bridgehead atoms. The highest BCUT2D eigenvalue weighted by Crippen LogP contribution is 2.28. The van der Waals surface area contributed by atoms with Crippen LogP contribution in [-0.2, 0) is 9.47 Å². The van der Waals surface area contributed by atoms with Crippen LogP contribution in [0.15, 0.2) is 0 Å². The molecule has 1 fully saturated rings. The van der Waals surface area contributed by atoms with E-state index in [1.807, 2.05) is 7.05 Å². The molecule has 5 nitrogen and oxygen atoms in total. The second-order valence-electron chi connectivity index (χ2n) is 5.13. The van der Waals surface area contributed by atoms with E-state index in [1.54, 1.807) is 7.11 Å². The summed E-state index contributed by atoms with van der Waals surface area (Å²) in [5.41, 5.74) is 0. The predicted molar refractivity (Wildman–Crippen MR) is 71.8 cm³/mol. The number of aliphatic hydroxyl groups is 1. The highest BCUT2D eigenvalue weighted by Gasteiger charge is 2.21. The molecule has 18 heavy (non-hydrogen) atoms. The van der Waals surface area contributed by atoms with Gasteiger partial charge in [-0.25, -0.2) is 0 Å². The molecule has 1 saturated carbocycles. The van der Waals surface area contributed by atoms with E-state index >= 15 is 0 Å². The third-order valence-corrected chi connectivity index (χ3v) is 3.05. The molecule has 108 valence electrons. The zero-order chi connectivity index (χ0) is 13.2. The Morgan fingerprint density at radius 3 is 2.83 bits per heavy atom. The minimum Gasteiger partial charge on any atom is -0.390 e. The third-order valence-electron chi connectivity index (χ3n) is 3.05. The predicted octanol–water partition coefficient (Wildman–Crippen LogP) is -0.0583. The molecule has 0 aromatic heterocycles. The fraction of sp³-hybridized carbons (Fsp3) is 1.00. The van der Waals surface area contributed by atoms with Crippen LogP contribution in [-0.4, -0.2) is 76.3 Å². The molecule has 0 radical (unpaired) electrons. The Morgan fingerprint density at radius 1 is 1.39 bits per heavy atom. The zero-order valence-corrected chi connectivity index (χ0v) is 11.7. The maximum absolute atomic E-state index is 9.79. The lowest BCUT2D eigenvalue weighted by atomic mass is 10.3. The SMILES string of the molecule is COCCNCC(O)CN(C)CCOCC1CC1. The van der Waals surface area contributed by atoms with Crippen LogP contribution in [0.4, 0.5) is 0 Å². The van der Waals surface area contributed by atoms with Crippen LogP contribution >= 0.6 is 0 Å². The van der Waals surface area contributed by atoms with E-state index in [4.69, 9.17) is 9.47 Å². The summed E-state index contributed by atoms with van der Waals surface area (Å²) in [6.07, 6.45) is 2.33. The molecule has 1 aliphatic carbocycles. The molecule has 0 heterocycles. The van der Waals surface area contributed by atoms with Gasteiger partial charge < -0.3 is 24.8 Å². The van der Waals surface area contributed by atoms with E-state index < -0.39 is 0 Å². The molecule has 0 spiro atoms. The van der Waals surface area contributed by atoms with Crippen molar-refractivity contribution in [1.29, 1.82) is 0 Å². The number of likely N-dealkylation sites (N-methyl/N-ethyl adjacent to an activating group) is 1. The van der Waals surface area contributed by atoms with Crippen LogP contribution in [0.25, 0.3) is 0 Å². The van der Waals surface area contributed by atoms with Crippen molar-refractivity contribution >= 4 is 0 Å². The van der Waals surface area contributed by atoms with Gasteiger partial charge in [0, 0.05) is 39.9 Å². The summed E-state index contributed by atoms with van der Waals surface area (Å²) < 4.78 is 10.5. The van der Waals surface area contributed by atoms with E-state index in [0.717, 1.165) is 32.2 Å². The van der Waals surface area contributed by atoms with Gasteiger partial charge >= 0.3 is 0 Å². The van der Waals surface area contributed by atoms with Crippen molar-refractivity contribution in [3.63, 3.8) is 0 Å². The number of hydrogen-bond donors (Lipinski definition) is 2. The monoisotopic (exact) mass is 260 g/mol. The van der Waals surface area contributed by atoms with Crippen molar-refractivity contribution in [2.24, 2.45) is 5.92 Å². The molecule has 1 unspecified atom stereocenters. The van der Waals surface area contributed by atoms with E-state index in [0.29, 0.717) is 19.7 Å². The summed E-state index contributed by atoms with van der Waals surface area (Å²) in [4.78, 5) is 2.11. The van der Waals surface area contributed by atoms with Crippen LogP contribution in [0.1, 0.15) is 12.8 Å². The number of aliphatic hydroxyl groups excluding tert-OH is 1. The first-order valence-electron chi connectivity index (χ1n) is 6.86. The fourth-order valence-corrected chi connectivity index (χ4v) is 1.71. The highest BCUT2D eigenvalue weighted by molar-refractivity contribution is 4.72. The molecule has 0 aromatic rings. The molecule has 0 aliphatic heterocycles. The van der Waals surface area contributed by atoms with Crippen LogP contribution in [0.5, 0.6) is 0 Å². The van der Waals surface area contributed by atoms with Gasteiger partial charge in [0.15, 0.2) is 0 Å². The van der Waals surface area contributed by atoms with Gasteiger partial charge in [0.1, 0.15) is 0 Å². The van der Waals surface area contributed by atoms with Gasteiger partial charge in [0.2, 0.25) is 0 Å². The normalized spacial score (nSPS) is 17.3. The Labute approximate surface area is 110 Å².